The fourth-order valence-electron chi connectivity index (χ4n) is 2.42. The number of carbonyl (C=O) groups is 3. The SMILES string of the molecule is CCNC(=O)NC(=O)[C@@H](c1ccccc1)[NH+](C)CC(=O)NC(C)C. The third-order valence-electron chi connectivity index (χ3n) is 3.35. The fraction of sp³-hybridized carbons (Fsp3) is 0.471. The second kappa shape index (κ2) is 9.67. The highest BCUT2D eigenvalue weighted by Crippen LogP contribution is 2.09. The largest absolute Gasteiger partial charge is 0.349 e. The van der Waals surface area contributed by atoms with Crippen molar-refractivity contribution in [2.24, 2.45) is 0 Å². The normalized spacial score (nSPS) is 13.0. The molecule has 0 aliphatic heterocycles. The van der Waals surface area contributed by atoms with E-state index in [9.17, 15) is 14.4 Å². The molecule has 0 aromatic heterocycles. The van der Waals surface area contributed by atoms with E-state index in [0.717, 1.165) is 5.56 Å². The number of quaternary nitrogens is 1. The Bertz CT molecular complexity index is 560. The van der Waals surface area contributed by atoms with Crippen LogP contribution in [-0.4, -0.2) is 44.0 Å². The minimum atomic E-state index is -0.660. The third kappa shape index (κ3) is 6.37. The Kier molecular flexibility index (Phi) is 7.91. The van der Waals surface area contributed by atoms with Crippen molar-refractivity contribution in [3.05, 3.63) is 35.9 Å². The minimum Gasteiger partial charge on any atom is -0.349 e. The lowest BCUT2D eigenvalue weighted by atomic mass is 10.0. The van der Waals surface area contributed by atoms with Crippen molar-refractivity contribution in [3.63, 3.8) is 0 Å². The first-order valence-corrected chi connectivity index (χ1v) is 8.10. The van der Waals surface area contributed by atoms with Gasteiger partial charge in [0.25, 0.3) is 11.8 Å². The number of carbonyl (C=O) groups excluding carboxylic acids is 3. The van der Waals surface area contributed by atoms with E-state index in [-0.39, 0.29) is 18.5 Å². The van der Waals surface area contributed by atoms with Crippen molar-refractivity contribution in [1.82, 2.24) is 16.0 Å². The summed E-state index contributed by atoms with van der Waals surface area (Å²) in [4.78, 5) is 36.9. The van der Waals surface area contributed by atoms with E-state index in [1.165, 1.54) is 0 Å². The average molecular weight is 335 g/mol. The maximum absolute atomic E-state index is 12.5. The van der Waals surface area contributed by atoms with Gasteiger partial charge in [-0.2, -0.15) is 0 Å². The molecule has 1 aromatic rings. The number of nitrogens with one attached hydrogen (secondary N) is 4. The van der Waals surface area contributed by atoms with Gasteiger partial charge >= 0.3 is 6.03 Å². The lowest BCUT2D eigenvalue weighted by molar-refractivity contribution is -0.894. The Hall–Kier alpha value is -2.41. The molecule has 0 saturated carbocycles. The molecule has 7 heteroatoms. The van der Waals surface area contributed by atoms with Crippen LogP contribution in [0.25, 0.3) is 0 Å². The van der Waals surface area contributed by atoms with Gasteiger partial charge in [-0.05, 0) is 20.8 Å². The van der Waals surface area contributed by atoms with Crippen LogP contribution in [0.4, 0.5) is 4.79 Å². The van der Waals surface area contributed by atoms with Crippen LogP contribution in [0.1, 0.15) is 32.4 Å². The third-order valence-corrected chi connectivity index (χ3v) is 3.35. The van der Waals surface area contributed by atoms with E-state index in [1.807, 2.05) is 44.2 Å². The number of imide groups is 1. The molecule has 0 aliphatic rings. The number of benzene rings is 1. The van der Waals surface area contributed by atoms with Crippen molar-refractivity contribution >= 4 is 17.8 Å². The lowest BCUT2D eigenvalue weighted by Gasteiger charge is -2.24. The zero-order valence-corrected chi connectivity index (χ0v) is 14.7. The highest BCUT2D eigenvalue weighted by molar-refractivity contribution is 5.96. The van der Waals surface area contributed by atoms with Gasteiger partial charge in [-0.1, -0.05) is 30.3 Å². The molecule has 4 amide bonds. The summed E-state index contributed by atoms with van der Waals surface area (Å²) < 4.78 is 0. The first-order valence-electron chi connectivity index (χ1n) is 8.10. The second-order valence-electron chi connectivity index (χ2n) is 5.94. The van der Waals surface area contributed by atoms with Crippen LogP contribution in [0.15, 0.2) is 30.3 Å². The van der Waals surface area contributed by atoms with E-state index < -0.39 is 18.0 Å². The van der Waals surface area contributed by atoms with Gasteiger partial charge in [0.1, 0.15) is 0 Å². The Morgan fingerprint density at radius 3 is 2.29 bits per heavy atom. The lowest BCUT2D eigenvalue weighted by Crippen LogP contribution is -3.11. The summed E-state index contributed by atoms with van der Waals surface area (Å²) in [6, 6.07) is 7.95. The van der Waals surface area contributed by atoms with Crippen LogP contribution in [-0.2, 0) is 9.59 Å². The van der Waals surface area contributed by atoms with E-state index in [0.29, 0.717) is 11.4 Å². The molecule has 0 heterocycles. The predicted molar refractivity (Wildman–Crippen MR) is 91.4 cm³/mol. The van der Waals surface area contributed by atoms with Gasteiger partial charge in [0.15, 0.2) is 12.6 Å². The molecule has 1 unspecified atom stereocenters. The Labute approximate surface area is 142 Å². The standard InChI is InChI=1S/C17H26N4O3/c1-5-18-17(24)20-16(23)15(13-9-7-6-8-10-13)21(4)11-14(22)19-12(2)3/h6-10,12,15H,5,11H2,1-4H3,(H,19,22)(H2,18,20,23,24)/p+1/t15-/m1/s1. The van der Waals surface area contributed by atoms with Crippen LogP contribution >= 0.6 is 0 Å². The van der Waals surface area contributed by atoms with Crippen LogP contribution in [0.3, 0.4) is 0 Å². The predicted octanol–water partition coefficient (Wildman–Crippen LogP) is -0.387. The first kappa shape index (κ1) is 19.6. The number of likely N-dealkylation sites (N-methyl/N-ethyl adjacent to an activating group) is 1. The number of hydrogen-bond donors (Lipinski definition) is 4. The molecule has 4 N–H and O–H groups in total. The molecule has 7 nitrogen and oxygen atoms in total. The molecule has 1 rings (SSSR count). The summed E-state index contributed by atoms with van der Waals surface area (Å²) in [6.07, 6.45) is 0. The Balaban J connectivity index is 2.91. The number of amides is 4. The van der Waals surface area contributed by atoms with Gasteiger partial charge in [0, 0.05) is 18.2 Å². The topological polar surface area (TPSA) is 91.7 Å². The summed E-state index contributed by atoms with van der Waals surface area (Å²) >= 11 is 0. The fourth-order valence-corrected chi connectivity index (χ4v) is 2.42. The van der Waals surface area contributed by atoms with Gasteiger partial charge in [-0.25, -0.2) is 4.79 Å². The molecule has 0 bridgehead atoms. The molecule has 0 saturated heterocycles. The smallest absolute Gasteiger partial charge is 0.321 e. The Morgan fingerprint density at radius 1 is 1.12 bits per heavy atom. The zero-order valence-electron chi connectivity index (χ0n) is 14.7. The number of rotatable bonds is 7. The Morgan fingerprint density at radius 2 is 1.75 bits per heavy atom. The zero-order chi connectivity index (χ0) is 18.1. The number of urea groups is 1. The van der Waals surface area contributed by atoms with Crippen LogP contribution in [0, 0.1) is 0 Å². The molecule has 0 spiro atoms. The average Bonchev–Trinajstić information content (AvgIpc) is 2.47. The molecule has 1 aromatic carbocycles. The van der Waals surface area contributed by atoms with Crippen molar-refractivity contribution in [1.29, 1.82) is 0 Å². The van der Waals surface area contributed by atoms with Crippen molar-refractivity contribution < 1.29 is 19.3 Å². The summed E-state index contributed by atoms with van der Waals surface area (Å²) in [5.41, 5.74) is 0.745. The summed E-state index contributed by atoms with van der Waals surface area (Å²) in [6.45, 7) is 6.08. The van der Waals surface area contributed by atoms with Crippen LogP contribution < -0.4 is 20.9 Å². The molecule has 2 atom stereocenters. The van der Waals surface area contributed by atoms with Gasteiger partial charge in [-0.15, -0.1) is 0 Å². The van der Waals surface area contributed by atoms with E-state index in [1.54, 1.807) is 14.0 Å². The molecule has 24 heavy (non-hydrogen) atoms. The molecule has 0 aliphatic carbocycles. The molecular formula is C17H27N4O3+. The molecule has 0 radical (unpaired) electrons. The highest BCUT2D eigenvalue weighted by atomic mass is 16.2. The van der Waals surface area contributed by atoms with Gasteiger partial charge < -0.3 is 15.5 Å². The van der Waals surface area contributed by atoms with Crippen molar-refractivity contribution in [3.8, 4) is 0 Å². The maximum atomic E-state index is 12.5. The second-order valence-corrected chi connectivity index (χ2v) is 5.94. The van der Waals surface area contributed by atoms with E-state index in [4.69, 9.17) is 0 Å². The van der Waals surface area contributed by atoms with E-state index in [2.05, 4.69) is 16.0 Å². The van der Waals surface area contributed by atoms with Crippen LogP contribution in [0.5, 0.6) is 0 Å². The highest BCUT2D eigenvalue weighted by Gasteiger charge is 2.31. The summed E-state index contributed by atoms with van der Waals surface area (Å²) in [5, 5.41) is 7.67. The summed E-state index contributed by atoms with van der Waals surface area (Å²) in [7, 11) is 1.76. The van der Waals surface area contributed by atoms with Gasteiger partial charge in [-0.3, -0.25) is 14.9 Å². The quantitative estimate of drug-likeness (QED) is 0.547. The first-order chi connectivity index (χ1) is 11.3. The summed E-state index contributed by atoms with van der Waals surface area (Å²) in [5.74, 6) is -0.587. The molecule has 132 valence electrons. The molecular weight excluding hydrogens is 308 g/mol. The van der Waals surface area contributed by atoms with Crippen molar-refractivity contribution in [2.75, 3.05) is 20.1 Å². The van der Waals surface area contributed by atoms with E-state index >= 15 is 0 Å². The maximum Gasteiger partial charge on any atom is 0.321 e. The number of hydrogen-bond acceptors (Lipinski definition) is 3. The van der Waals surface area contributed by atoms with Gasteiger partial charge in [0.05, 0.1) is 7.05 Å². The monoisotopic (exact) mass is 335 g/mol. The minimum absolute atomic E-state index is 0.0321. The van der Waals surface area contributed by atoms with Crippen LogP contribution in [0.2, 0.25) is 0 Å². The molecule has 0 fully saturated rings. The van der Waals surface area contributed by atoms with Crippen molar-refractivity contribution in [2.45, 2.75) is 32.9 Å². The van der Waals surface area contributed by atoms with Gasteiger partial charge in [0.2, 0.25) is 0 Å².